The third-order valence-electron chi connectivity index (χ3n) is 3.93. The van der Waals surface area contributed by atoms with Crippen molar-refractivity contribution in [3.8, 4) is 0 Å². The summed E-state index contributed by atoms with van der Waals surface area (Å²) in [6, 6.07) is 0.444. The van der Waals surface area contributed by atoms with Crippen molar-refractivity contribution in [3.63, 3.8) is 0 Å². The van der Waals surface area contributed by atoms with Gasteiger partial charge in [0.05, 0.1) is 12.3 Å². The number of aromatic nitrogens is 3. The third-order valence-corrected chi connectivity index (χ3v) is 4.87. The minimum Gasteiger partial charge on any atom is -0.355 e. The van der Waals surface area contributed by atoms with Gasteiger partial charge < -0.3 is 15.2 Å². The molecule has 2 rings (SSSR count). The van der Waals surface area contributed by atoms with E-state index in [0.717, 1.165) is 23.8 Å². The van der Waals surface area contributed by atoms with E-state index in [1.54, 1.807) is 0 Å². The normalized spacial score (nSPS) is 15.4. The molecule has 128 valence electrons. The molecule has 2 N–H and O–H groups in total. The van der Waals surface area contributed by atoms with Gasteiger partial charge in [0.1, 0.15) is 5.82 Å². The summed E-state index contributed by atoms with van der Waals surface area (Å²) in [4.78, 5) is 23.2. The van der Waals surface area contributed by atoms with Crippen molar-refractivity contribution in [2.75, 3.05) is 18.8 Å². The zero-order valence-electron chi connectivity index (χ0n) is 13.8. The van der Waals surface area contributed by atoms with E-state index in [0.29, 0.717) is 12.6 Å². The highest BCUT2D eigenvalue weighted by atomic mass is 32.2. The summed E-state index contributed by atoms with van der Waals surface area (Å²) in [7, 11) is 0. The number of carbonyl (C=O) groups is 2. The Kier molecular flexibility index (Phi) is 6.88. The highest BCUT2D eigenvalue weighted by molar-refractivity contribution is 7.99. The van der Waals surface area contributed by atoms with Crippen LogP contribution in [0, 0.1) is 6.92 Å². The molecule has 0 radical (unpaired) electrons. The first-order chi connectivity index (χ1) is 11.1. The lowest BCUT2D eigenvalue weighted by Gasteiger charge is -2.24. The molecule has 0 aliphatic heterocycles. The first-order valence-corrected chi connectivity index (χ1v) is 9.18. The maximum atomic E-state index is 11.9. The van der Waals surface area contributed by atoms with Crippen molar-refractivity contribution in [1.82, 2.24) is 25.4 Å². The molecule has 2 amide bonds. The van der Waals surface area contributed by atoms with Gasteiger partial charge in [-0.05, 0) is 26.7 Å². The lowest BCUT2D eigenvalue weighted by molar-refractivity contribution is -0.124. The summed E-state index contributed by atoms with van der Waals surface area (Å²) in [6.45, 7) is 4.38. The fourth-order valence-electron chi connectivity index (χ4n) is 2.83. The monoisotopic (exact) mass is 339 g/mol. The number of aryl methyl sites for hydroxylation is 1. The largest absolute Gasteiger partial charge is 0.355 e. The van der Waals surface area contributed by atoms with Crippen molar-refractivity contribution in [2.45, 2.75) is 57.1 Å². The Morgan fingerprint density at radius 3 is 2.61 bits per heavy atom. The molecular weight excluding hydrogens is 314 g/mol. The SMILES string of the molecule is CCNC(=O)CNC(=O)CSc1nnc(C)n1C1CCCCC1. The molecule has 1 aromatic heterocycles. The number of hydrogen-bond donors (Lipinski definition) is 2. The molecule has 0 atom stereocenters. The van der Waals surface area contributed by atoms with Crippen LogP contribution in [-0.2, 0) is 9.59 Å². The van der Waals surface area contributed by atoms with E-state index in [4.69, 9.17) is 0 Å². The summed E-state index contributed by atoms with van der Waals surface area (Å²) < 4.78 is 2.17. The highest BCUT2D eigenvalue weighted by Gasteiger charge is 2.21. The highest BCUT2D eigenvalue weighted by Crippen LogP contribution is 2.32. The molecule has 0 aromatic carbocycles. The summed E-state index contributed by atoms with van der Waals surface area (Å²) in [5, 5.41) is 14.4. The zero-order chi connectivity index (χ0) is 16.7. The van der Waals surface area contributed by atoms with Crippen molar-refractivity contribution < 1.29 is 9.59 Å². The molecule has 1 heterocycles. The van der Waals surface area contributed by atoms with Crippen LogP contribution in [0.5, 0.6) is 0 Å². The second kappa shape index (κ2) is 8.90. The van der Waals surface area contributed by atoms with Gasteiger partial charge in [-0.15, -0.1) is 10.2 Å². The van der Waals surface area contributed by atoms with Crippen LogP contribution in [0.4, 0.5) is 0 Å². The van der Waals surface area contributed by atoms with Gasteiger partial charge >= 0.3 is 0 Å². The second-order valence-corrected chi connectivity index (χ2v) is 6.65. The molecule has 1 fully saturated rings. The minimum absolute atomic E-state index is 0.0155. The van der Waals surface area contributed by atoms with Crippen LogP contribution in [0.3, 0.4) is 0 Å². The Labute approximate surface area is 141 Å². The Morgan fingerprint density at radius 2 is 1.91 bits per heavy atom. The standard InChI is InChI=1S/C15H25N5O2S/c1-3-16-13(21)9-17-14(22)10-23-15-19-18-11(2)20(15)12-7-5-4-6-8-12/h12H,3-10H2,1-2H3,(H,16,21)(H,17,22). The number of carbonyl (C=O) groups excluding carboxylic acids is 2. The van der Waals surface area contributed by atoms with Gasteiger partial charge in [0.25, 0.3) is 0 Å². The maximum absolute atomic E-state index is 11.9. The summed E-state index contributed by atoms with van der Waals surface area (Å²) in [5.74, 6) is 0.802. The fourth-order valence-corrected chi connectivity index (χ4v) is 3.71. The number of rotatable bonds is 7. The molecule has 23 heavy (non-hydrogen) atoms. The van der Waals surface area contributed by atoms with Gasteiger partial charge in [0.2, 0.25) is 11.8 Å². The lowest BCUT2D eigenvalue weighted by atomic mass is 9.95. The Hall–Kier alpha value is -1.57. The second-order valence-electron chi connectivity index (χ2n) is 5.71. The molecule has 0 saturated heterocycles. The van der Waals surface area contributed by atoms with Crippen LogP contribution in [0.1, 0.15) is 50.9 Å². The predicted octanol–water partition coefficient (Wildman–Crippen LogP) is 1.44. The Bertz CT molecular complexity index is 540. The van der Waals surface area contributed by atoms with E-state index in [9.17, 15) is 9.59 Å². The van der Waals surface area contributed by atoms with E-state index in [2.05, 4.69) is 25.4 Å². The zero-order valence-corrected chi connectivity index (χ0v) is 14.6. The summed E-state index contributed by atoms with van der Waals surface area (Å²) >= 11 is 1.38. The number of hydrogen-bond acceptors (Lipinski definition) is 5. The van der Waals surface area contributed by atoms with E-state index in [1.165, 1.54) is 31.0 Å². The van der Waals surface area contributed by atoms with Crippen LogP contribution < -0.4 is 10.6 Å². The average molecular weight is 339 g/mol. The van der Waals surface area contributed by atoms with E-state index >= 15 is 0 Å². The number of thioether (sulfide) groups is 1. The molecule has 1 aliphatic rings. The quantitative estimate of drug-likeness (QED) is 0.734. The third kappa shape index (κ3) is 5.23. The number of amides is 2. The van der Waals surface area contributed by atoms with Crippen LogP contribution in [0.25, 0.3) is 0 Å². The van der Waals surface area contributed by atoms with Crippen molar-refractivity contribution >= 4 is 23.6 Å². The van der Waals surface area contributed by atoms with Gasteiger partial charge in [0.15, 0.2) is 5.16 Å². The maximum Gasteiger partial charge on any atom is 0.239 e. The van der Waals surface area contributed by atoms with Crippen molar-refractivity contribution in [1.29, 1.82) is 0 Å². The van der Waals surface area contributed by atoms with E-state index in [1.807, 2.05) is 13.8 Å². The molecule has 1 aromatic rings. The molecule has 1 saturated carbocycles. The molecule has 8 heteroatoms. The first kappa shape index (κ1) is 17.8. The van der Waals surface area contributed by atoms with Crippen molar-refractivity contribution in [3.05, 3.63) is 5.82 Å². The smallest absolute Gasteiger partial charge is 0.239 e. The summed E-state index contributed by atoms with van der Waals surface area (Å²) in [6.07, 6.45) is 6.06. The molecule has 0 bridgehead atoms. The topological polar surface area (TPSA) is 88.9 Å². The van der Waals surface area contributed by atoms with Crippen LogP contribution in [0.15, 0.2) is 5.16 Å². The van der Waals surface area contributed by atoms with E-state index in [-0.39, 0.29) is 24.1 Å². The fraction of sp³-hybridized carbons (Fsp3) is 0.733. The average Bonchev–Trinajstić information content (AvgIpc) is 2.93. The van der Waals surface area contributed by atoms with Crippen LogP contribution in [0.2, 0.25) is 0 Å². The van der Waals surface area contributed by atoms with Gasteiger partial charge in [-0.3, -0.25) is 9.59 Å². The molecule has 7 nitrogen and oxygen atoms in total. The van der Waals surface area contributed by atoms with Gasteiger partial charge in [-0.2, -0.15) is 0 Å². The van der Waals surface area contributed by atoms with Gasteiger partial charge in [0, 0.05) is 12.6 Å². The number of nitrogens with zero attached hydrogens (tertiary/aromatic N) is 3. The number of nitrogens with one attached hydrogen (secondary N) is 2. The van der Waals surface area contributed by atoms with Crippen molar-refractivity contribution in [2.24, 2.45) is 0 Å². The minimum atomic E-state index is -0.174. The lowest BCUT2D eigenvalue weighted by Crippen LogP contribution is -2.37. The van der Waals surface area contributed by atoms with Gasteiger partial charge in [-0.1, -0.05) is 31.0 Å². The van der Waals surface area contributed by atoms with Crippen LogP contribution in [-0.4, -0.2) is 45.4 Å². The summed E-state index contributed by atoms with van der Waals surface area (Å²) in [5.41, 5.74) is 0. The Balaban J connectivity index is 1.86. The Morgan fingerprint density at radius 1 is 1.17 bits per heavy atom. The van der Waals surface area contributed by atoms with E-state index < -0.39 is 0 Å². The van der Waals surface area contributed by atoms with Crippen LogP contribution >= 0.6 is 11.8 Å². The first-order valence-electron chi connectivity index (χ1n) is 8.19. The molecule has 0 spiro atoms. The molecular formula is C15H25N5O2S. The number of likely N-dealkylation sites (N-methyl/N-ethyl adjacent to an activating group) is 1. The molecule has 0 unspecified atom stereocenters. The molecule has 1 aliphatic carbocycles. The predicted molar refractivity (Wildman–Crippen MR) is 89.3 cm³/mol. The van der Waals surface area contributed by atoms with Gasteiger partial charge in [-0.25, -0.2) is 0 Å².